The SMILES string of the molecule is CN1CCN(/N=C\c2ccc([N+](=O)[O-])s2)CC1. The average molecular weight is 254 g/mol. The van der Waals surface area contributed by atoms with Crippen molar-refractivity contribution in [2.45, 2.75) is 0 Å². The molecule has 1 aromatic rings. The van der Waals surface area contributed by atoms with E-state index in [1.165, 1.54) is 6.07 Å². The molecule has 0 bridgehead atoms. The molecule has 2 rings (SSSR count). The summed E-state index contributed by atoms with van der Waals surface area (Å²) in [7, 11) is 2.09. The molecule has 17 heavy (non-hydrogen) atoms. The molecule has 0 N–H and O–H groups in total. The van der Waals surface area contributed by atoms with Gasteiger partial charge in [0.2, 0.25) is 0 Å². The van der Waals surface area contributed by atoms with E-state index in [1.807, 2.05) is 5.01 Å². The van der Waals surface area contributed by atoms with Crippen molar-refractivity contribution in [2.75, 3.05) is 33.2 Å². The van der Waals surface area contributed by atoms with E-state index < -0.39 is 0 Å². The van der Waals surface area contributed by atoms with Crippen molar-refractivity contribution in [3.8, 4) is 0 Å². The first-order valence-electron chi connectivity index (χ1n) is 5.37. The summed E-state index contributed by atoms with van der Waals surface area (Å²) in [5.41, 5.74) is 0. The van der Waals surface area contributed by atoms with Crippen LogP contribution in [-0.4, -0.2) is 54.3 Å². The summed E-state index contributed by atoms with van der Waals surface area (Å²) in [4.78, 5) is 13.2. The molecule has 0 radical (unpaired) electrons. The second-order valence-electron chi connectivity index (χ2n) is 3.93. The summed E-state index contributed by atoms with van der Waals surface area (Å²) in [5, 5.41) is 17.0. The highest BCUT2D eigenvalue weighted by molar-refractivity contribution is 7.16. The number of hydrazone groups is 1. The van der Waals surface area contributed by atoms with Crippen LogP contribution in [0.25, 0.3) is 0 Å². The van der Waals surface area contributed by atoms with Crippen molar-refractivity contribution in [1.82, 2.24) is 9.91 Å². The first-order valence-corrected chi connectivity index (χ1v) is 6.18. The highest BCUT2D eigenvalue weighted by Crippen LogP contribution is 2.22. The fourth-order valence-electron chi connectivity index (χ4n) is 1.56. The van der Waals surface area contributed by atoms with E-state index in [9.17, 15) is 10.1 Å². The number of hydrogen-bond acceptors (Lipinski definition) is 6. The van der Waals surface area contributed by atoms with Crippen LogP contribution in [0.15, 0.2) is 17.2 Å². The monoisotopic (exact) mass is 254 g/mol. The molecule has 7 heteroatoms. The summed E-state index contributed by atoms with van der Waals surface area (Å²) in [6.07, 6.45) is 1.70. The third-order valence-corrected chi connectivity index (χ3v) is 3.59. The fourth-order valence-corrected chi connectivity index (χ4v) is 2.25. The lowest BCUT2D eigenvalue weighted by Crippen LogP contribution is -2.41. The van der Waals surface area contributed by atoms with Gasteiger partial charge in [0.1, 0.15) is 0 Å². The maximum atomic E-state index is 10.5. The molecule has 0 unspecified atom stereocenters. The summed E-state index contributed by atoms with van der Waals surface area (Å²) in [6, 6.07) is 3.23. The van der Waals surface area contributed by atoms with Crippen LogP contribution in [0.5, 0.6) is 0 Å². The summed E-state index contributed by atoms with van der Waals surface area (Å²) in [5.74, 6) is 0. The van der Waals surface area contributed by atoms with Crippen LogP contribution in [0.3, 0.4) is 0 Å². The van der Waals surface area contributed by atoms with E-state index in [0.29, 0.717) is 0 Å². The van der Waals surface area contributed by atoms with E-state index in [2.05, 4.69) is 17.0 Å². The van der Waals surface area contributed by atoms with Gasteiger partial charge in [0.15, 0.2) is 0 Å². The van der Waals surface area contributed by atoms with Gasteiger partial charge < -0.3 is 4.90 Å². The van der Waals surface area contributed by atoms with Gasteiger partial charge in [0.05, 0.1) is 16.0 Å². The first kappa shape index (κ1) is 12.0. The molecule has 0 aromatic carbocycles. The van der Waals surface area contributed by atoms with Crippen molar-refractivity contribution in [3.63, 3.8) is 0 Å². The van der Waals surface area contributed by atoms with Crippen LogP contribution in [0.2, 0.25) is 0 Å². The highest BCUT2D eigenvalue weighted by atomic mass is 32.1. The lowest BCUT2D eigenvalue weighted by Gasteiger charge is -2.30. The normalized spacial score (nSPS) is 17.8. The van der Waals surface area contributed by atoms with Crippen LogP contribution in [0.4, 0.5) is 5.00 Å². The number of likely N-dealkylation sites (N-methyl/N-ethyl adjacent to an activating group) is 1. The second kappa shape index (κ2) is 5.24. The molecule has 2 heterocycles. The summed E-state index contributed by atoms with van der Waals surface area (Å²) < 4.78 is 0. The number of nitrogens with zero attached hydrogens (tertiary/aromatic N) is 4. The molecule has 1 fully saturated rings. The van der Waals surface area contributed by atoms with Gasteiger partial charge in [-0.1, -0.05) is 11.3 Å². The molecule has 1 aromatic heterocycles. The third-order valence-electron chi connectivity index (χ3n) is 2.62. The minimum Gasteiger partial charge on any atom is -0.303 e. The first-order chi connectivity index (χ1) is 8.15. The van der Waals surface area contributed by atoms with Crippen LogP contribution in [0, 0.1) is 10.1 Å². The molecule has 1 aliphatic rings. The van der Waals surface area contributed by atoms with Gasteiger partial charge in [-0.15, -0.1) is 0 Å². The minimum absolute atomic E-state index is 0.157. The van der Waals surface area contributed by atoms with E-state index in [-0.39, 0.29) is 9.92 Å². The predicted molar refractivity (Wildman–Crippen MR) is 67.6 cm³/mol. The lowest BCUT2D eigenvalue weighted by molar-refractivity contribution is -0.380. The van der Waals surface area contributed by atoms with Crippen LogP contribution in [0.1, 0.15) is 4.88 Å². The lowest BCUT2D eigenvalue weighted by atomic mass is 10.4. The zero-order chi connectivity index (χ0) is 12.3. The van der Waals surface area contributed by atoms with Gasteiger partial charge in [0, 0.05) is 32.2 Å². The smallest absolute Gasteiger partial charge is 0.303 e. The van der Waals surface area contributed by atoms with Gasteiger partial charge >= 0.3 is 5.00 Å². The van der Waals surface area contributed by atoms with Gasteiger partial charge in [-0.05, 0) is 13.1 Å². The summed E-state index contributed by atoms with van der Waals surface area (Å²) >= 11 is 1.14. The molecule has 0 spiro atoms. The Morgan fingerprint density at radius 2 is 2.12 bits per heavy atom. The Morgan fingerprint density at radius 1 is 1.41 bits per heavy atom. The highest BCUT2D eigenvalue weighted by Gasteiger charge is 2.12. The Hall–Kier alpha value is -1.47. The van der Waals surface area contributed by atoms with Crippen molar-refractivity contribution in [1.29, 1.82) is 0 Å². The van der Waals surface area contributed by atoms with Crippen molar-refractivity contribution in [3.05, 3.63) is 27.1 Å². The van der Waals surface area contributed by atoms with Gasteiger partial charge in [-0.25, -0.2) is 0 Å². The number of piperazine rings is 1. The maximum absolute atomic E-state index is 10.5. The zero-order valence-corrected chi connectivity index (χ0v) is 10.4. The second-order valence-corrected chi connectivity index (χ2v) is 5.03. The minimum atomic E-state index is -0.377. The molecule has 0 saturated carbocycles. The number of hydrogen-bond donors (Lipinski definition) is 0. The predicted octanol–water partition coefficient (Wildman–Crippen LogP) is 1.24. The molecule has 1 aliphatic heterocycles. The van der Waals surface area contributed by atoms with Crippen LogP contribution >= 0.6 is 11.3 Å². The molecule has 6 nitrogen and oxygen atoms in total. The Kier molecular flexibility index (Phi) is 3.70. The van der Waals surface area contributed by atoms with E-state index in [0.717, 1.165) is 42.4 Å². The Balaban J connectivity index is 1.93. The third kappa shape index (κ3) is 3.24. The van der Waals surface area contributed by atoms with Crippen molar-refractivity contribution in [2.24, 2.45) is 5.10 Å². The number of nitro groups is 1. The van der Waals surface area contributed by atoms with Gasteiger partial charge in [0.25, 0.3) is 0 Å². The standard InChI is InChI=1S/C10H14N4O2S/c1-12-4-6-13(7-5-12)11-8-9-2-3-10(17-9)14(15)16/h2-3,8H,4-7H2,1H3/b11-8-. The Labute approximate surface area is 103 Å². The Bertz CT molecular complexity index is 424. The fraction of sp³-hybridized carbons (Fsp3) is 0.500. The van der Waals surface area contributed by atoms with Gasteiger partial charge in [-0.3, -0.25) is 15.1 Å². The van der Waals surface area contributed by atoms with Crippen LogP contribution in [-0.2, 0) is 0 Å². The number of rotatable bonds is 3. The topological polar surface area (TPSA) is 62.0 Å². The largest absolute Gasteiger partial charge is 0.324 e. The van der Waals surface area contributed by atoms with Crippen molar-refractivity contribution >= 4 is 22.6 Å². The van der Waals surface area contributed by atoms with E-state index in [4.69, 9.17) is 0 Å². The van der Waals surface area contributed by atoms with E-state index in [1.54, 1.807) is 12.3 Å². The summed E-state index contributed by atoms with van der Waals surface area (Å²) in [6.45, 7) is 3.81. The molecule has 0 amide bonds. The molecule has 92 valence electrons. The molecule has 0 aliphatic carbocycles. The molecular weight excluding hydrogens is 240 g/mol. The maximum Gasteiger partial charge on any atom is 0.324 e. The van der Waals surface area contributed by atoms with Crippen LogP contribution < -0.4 is 0 Å². The molecule has 1 saturated heterocycles. The average Bonchev–Trinajstić information content (AvgIpc) is 2.77. The quantitative estimate of drug-likeness (QED) is 0.462. The molecule has 0 atom stereocenters. The zero-order valence-electron chi connectivity index (χ0n) is 9.57. The number of thiophene rings is 1. The molecular formula is C10H14N4O2S. The van der Waals surface area contributed by atoms with Gasteiger partial charge in [-0.2, -0.15) is 5.10 Å². The van der Waals surface area contributed by atoms with Crippen molar-refractivity contribution < 1.29 is 4.92 Å². The van der Waals surface area contributed by atoms with E-state index >= 15 is 0 Å². The Morgan fingerprint density at radius 3 is 2.71 bits per heavy atom.